The van der Waals surface area contributed by atoms with E-state index in [9.17, 15) is 8.78 Å². The highest BCUT2D eigenvalue weighted by Crippen LogP contribution is 2.23. The Hall–Kier alpha value is -3.94. The molecule has 0 amide bonds. The normalized spacial score (nSPS) is 11.2. The third-order valence-electron chi connectivity index (χ3n) is 4.60. The number of benzene rings is 2. The van der Waals surface area contributed by atoms with Gasteiger partial charge < -0.3 is 4.98 Å². The molecule has 6 nitrogen and oxygen atoms in total. The Bertz CT molecular complexity index is 1310. The van der Waals surface area contributed by atoms with Gasteiger partial charge in [0.25, 0.3) is 0 Å². The van der Waals surface area contributed by atoms with Gasteiger partial charge in [0.1, 0.15) is 23.1 Å². The molecule has 29 heavy (non-hydrogen) atoms. The third-order valence-corrected chi connectivity index (χ3v) is 4.60. The molecule has 0 atom stereocenters. The van der Waals surface area contributed by atoms with E-state index in [0.717, 1.165) is 17.3 Å². The van der Waals surface area contributed by atoms with E-state index < -0.39 is 11.6 Å². The minimum absolute atomic E-state index is 0.0830. The van der Waals surface area contributed by atoms with Crippen LogP contribution in [0.2, 0.25) is 0 Å². The zero-order chi connectivity index (χ0) is 19.8. The first-order chi connectivity index (χ1) is 14.2. The summed E-state index contributed by atoms with van der Waals surface area (Å²) in [6.07, 6.45) is 7.01. The number of fused-ring (bicyclic) bond motifs is 1. The second-order valence-electron chi connectivity index (χ2n) is 6.58. The standard InChI is InChI=1S/C21H14F2N6/c22-17-7-2-6-16(20(17)23)21-26-18-11-25-28(13-19(18)27-21)12-14-4-1-5-15(10-14)29-9-3-8-24-29/h1-11,13H,12H2/p+1. The number of hydrogen-bond acceptors (Lipinski definition) is 3. The number of aromatic amines is 1. The molecule has 0 saturated carbocycles. The summed E-state index contributed by atoms with van der Waals surface area (Å²) in [5.41, 5.74) is 3.34. The SMILES string of the molecule is Fc1cccc(-c2nc3cn[n+](Cc4cccc(-n5cccn5)c4)cc3[nH]2)c1F. The van der Waals surface area contributed by atoms with Crippen LogP contribution in [0.4, 0.5) is 8.78 Å². The fraction of sp³-hybridized carbons (Fsp3) is 0.0476. The largest absolute Gasteiger partial charge is 0.333 e. The van der Waals surface area contributed by atoms with Crippen molar-refractivity contribution in [2.75, 3.05) is 0 Å². The molecule has 8 heteroatoms. The average molecular weight is 389 g/mol. The van der Waals surface area contributed by atoms with Crippen LogP contribution in [0.5, 0.6) is 0 Å². The summed E-state index contributed by atoms with van der Waals surface area (Å²) < 4.78 is 31.1. The fourth-order valence-electron chi connectivity index (χ4n) is 3.21. The maximum Gasteiger partial charge on any atom is 0.222 e. The van der Waals surface area contributed by atoms with Gasteiger partial charge in [0.15, 0.2) is 18.2 Å². The summed E-state index contributed by atoms with van der Waals surface area (Å²) in [7, 11) is 0. The van der Waals surface area contributed by atoms with Crippen LogP contribution in [0.25, 0.3) is 28.1 Å². The van der Waals surface area contributed by atoms with Crippen LogP contribution in [0.1, 0.15) is 5.56 Å². The first-order valence-electron chi connectivity index (χ1n) is 8.96. The molecule has 0 spiro atoms. The minimum Gasteiger partial charge on any atom is -0.333 e. The second kappa shape index (κ2) is 6.90. The van der Waals surface area contributed by atoms with Crippen LogP contribution in [-0.4, -0.2) is 24.8 Å². The monoisotopic (exact) mass is 389 g/mol. The number of hydrogen-bond donors (Lipinski definition) is 1. The van der Waals surface area contributed by atoms with Crippen LogP contribution < -0.4 is 4.68 Å². The zero-order valence-corrected chi connectivity index (χ0v) is 15.1. The number of aromatic nitrogens is 6. The molecular formula is C21H15F2N6+. The summed E-state index contributed by atoms with van der Waals surface area (Å²) >= 11 is 0. The lowest BCUT2D eigenvalue weighted by Gasteiger charge is -2.02. The molecule has 0 aliphatic rings. The predicted molar refractivity (Wildman–Crippen MR) is 102 cm³/mol. The Morgan fingerprint density at radius 2 is 1.97 bits per heavy atom. The van der Waals surface area contributed by atoms with Crippen LogP contribution in [0, 0.1) is 11.6 Å². The molecule has 0 bridgehead atoms. The molecule has 0 aliphatic heterocycles. The number of rotatable bonds is 4. The minimum atomic E-state index is -0.928. The topological polar surface area (TPSA) is 63.3 Å². The summed E-state index contributed by atoms with van der Waals surface area (Å²) in [5.74, 6) is -1.58. The lowest BCUT2D eigenvalue weighted by atomic mass is 10.2. The lowest BCUT2D eigenvalue weighted by molar-refractivity contribution is -0.745. The van der Waals surface area contributed by atoms with Crippen molar-refractivity contribution >= 4 is 11.0 Å². The van der Waals surface area contributed by atoms with Crippen LogP contribution in [0.15, 0.2) is 73.3 Å². The van der Waals surface area contributed by atoms with Crippen molar-refractivity contribution in [1.82, 2.24) is 24.8 Å². The molecular weight excluding hydrogens is 374 g/mol. The van der Waals surface area contributed by atoms with E-state index >= 15 is 0 Å². The smallest absolute Gasteiger partial charge is 0.222 e. The molecule has 0 aliphatic carbocycles. The highest BCUT2D eigenvalue weighted by molar-refractivity contribution is 5.77. The van der Waals surface area contributed by atoms with Crippen molar-refractivity contribution in [3.8, 4) is 17.1 Å². The van der Waals surface area contributed by atoms with Crippen molar-refractivity contribution < 1.29 is 13.5 Å². The summed E-state index contributed by atoms with van der Waals surface area (Å²) in [4.78, 5) is 7.38. The molecule has 142 valence electrons. The first kappa shape index (κ1) is 17.2. The highest BCUT2D eigenvalue weighted by Gasteiger charge is 2.16. The number of imidazole rings is 1. The van der Waals surface area contributed by atoms with Crippen LogP contribution >= 0.6 is 0 Å². The van der Waals surface area contributed by atoms with Crippen molar-refractivity contribution in [1.29, 1.82) is 0 Å². The Morgan fingerprint density at radius 1 is 1.07 bits per heavy atom. The van der Waals surface area contributed by atoms with Gasteiger partial charge in [0.05, 0.1) is 11.3 Å². The van der Waals surface area contributed by atoms with E-state index in [0.29, 0.717) is 17.6 Å². The molecule has 3 heterocycles. The molecule has 1 N–H and O–H groups in total. The van der Waals surface area contributed by atoms with E-state index in [1.807, 2.05) is 36.5 Å². The lowest BCUT2D eigenvalue weighted by Crippen LogP contribution is -2.37. The summed E-state index contributed by atoms with van der Waals surface area (Å²) in [5, 5.41) is 8.63. The van der Waals surface area contributed by atoms with E-state index in [1.54, 1.807) is 28.0 Å². The Morgan fingerprint density at radius 3 is 2.83 bits per heavy atom. The summed E-state index contributed by atoms with van der Waals surface area (Å²) in [6, 6.07) is 13.9. The molecule has 5 rings (SSSR count). The van der Waals surface area contributed by atoms with Gasteiger partial charge in [0.2, 0.25) is 6.20 Å². The van der Waals surface area contributed by atoms with E-state index in [4.69, 9.17) is 0 Å². The number of H-pyrrole nitrogens is 1. The molecule has 0 unspecified atom stereocenters. The molecule has 0 fully saturated rings. The maximum atomic E-state index is 14.1. The molecule has 0 saturated heterocycles. The van der Waals surface area contributed by atoms with Crippen molar-refractivity contribution in [2.45, 2.75) is 6.54 Å². The van der Waals surface area contributed by atoms with Gasteiger partial charge in [-0.3, -0.25) is 0 Å². The molecule has 3 aromatic heterocycles. The van der Waals surface area contributed by atoms with Crippen LogP contribution in [-0.2, 0) is 6.54 Å². The number of nitrogens with zero attached hydrogens (tertiary/aromatic N) is 5. The Labute approximate surface area is 164 Å². The van der Waals surface area contributed by atoms with E-state index in [-0.39, 0.29) is 11.4 Å². The first-order valence-corrected chi connectivity index (χ1v) is 8.96. The van der Waals surface area contributed by atoms with E-state index in [1.165, 1.54) is 12.1 Å². The Balaban J connectivity index is 1.46. The van der Waals surface area contributed by atoms with Crippen molar-refractivity contribution in [3.05, 3.63) is 90.5 Å². The predicted octanol–water partition coefficient (Wildman–Crippen LogP) is 3.42. The fourth-order valence-corrected chi connectivity index (χ4v) is 3.21. The van der Waals surface area contributed by atoms with Gasteiger partial charge >= 0.3 is 0 Å². The maximum absolute atomic E-state index is 14.1. The third kappa shape index (κ3) is 3.25. The van der Waals surface area contributed by atoms with Crippen LogP contribution in [0.3, 0.4) is 0 Å². The van der Waals surface area contributed by atoms with Gasteiger partial charge in [-0.25, -0.2) is 18.4 Å². The molecule has 0 radical (unpaired) electrons. The number of nitrogens with one attached hydrogen (secondary N) is 1. The zero-order valence-electron chi connectivity index (χ0n) is 15.1. The van der Waals surface area contributed by atoms with Gasteiger partial charge in [0, 0.05) is 18.0 Å². The second-order valence-corrected chi connectivity index (χ2v) is 6.58. The highest BCUT2D eigenvalue weighted by atomic mass is 19.2. The van der Waals surface area contributed by atoms with E-state index in [2.05, 4.69) is 20.2 Å². The van der Waals surface area contributed by atoms with Gasteiger partial charge in [-0.05, 0) is 35.4 Å². The van der Waals surface area contributed by atoms with Crippen molar-refractivity contribution in [2.24, 2.45) is 0 Å². The number of halogens is 2. The average Bonchev–Trinajstić information content (AvgIpc) is 3.40. The Kier molecular flexibility index (Phi) is 4.09. The van der Waals surface area contributed by atoms with Crippen molar-refractivity contribution in [3.63, 3.8) is 0 Å². The summed E-state index contributed by atoms with van der Waals surface area (Å²) in [6.45, 7) is 0.535. The van der Waals surface area contributed by atoms with Gasteiger partial charge in [-0.2, -0.15) is 5.10 Å². The van der Waals surface area contributed by atoms with Gasteiger partial charge in [-0.1, -0.05) is 22.9 Å². The molecule has 2 aromatic carbocycles. The molecule has 5 aromatic rings. The quantitative estimate of drug-likeness (QED) is 0.479. The van der Waals surface area contributed by atoms with Gasteiger partial charge in [-0.15, -0.1) is 0 Å².